The van der Waals surface area contributed by atoms with Crippen molar-refractivity contribution in [3.63, 3.8) is 0 Å². The molecule has 0 aliphatic carbocycles. The predicted molar refractivity (Wildman–Crippen MR) is 63.3 cm³/mol. The van der Waals surface area contributed by atoms with E-state index in [1.807, 2.05) is 0 Å². The van der Waals surface area contributed by atoms with Crippen molar-refractivity contribution in [3.05, 3.63) is 48.1 Å². The Bertz CT molecular complexity index is 251. The first-order chi connectivity index (χ1) is 6.57. The zero-order valence-electron chi connectivity index (χ0n) is 8.43. The van der Waals surface area contributed by atoms with E-state index >= 15 is 0 Å². The van der Waals surface area contributed by atoms with Crippen molar-refractivity contribution in [2.45, 2.75) is 19.3 Å². The number of halogens is 1. The van der Waals surface area contributed by atoms with Gasteiger partial charge in [-0.05, 0) is 36.5 Å². The topological polar surface area (TPSA) is 20.2 Å². The molecule has 0 rings (SSSR count). The summed E-state index contributed by atoms with van der Waals surface area (Å²) < 4.78 is 0. The minimum Gasteiger partial charge on any atom is -0.396 e. The minimum atomic E-state index is 0.230. The van der Waals surface area contributed by atoms with Crippen LogP contribution in [0, 0.1) is 0 Å². The van der Waals surface area contributed by atoms with Crippen LogP contribution in [0.1, 0.15) is 19.3 Å². The zero-order valence-corrected chi connectivity index (χ0v) is 9.19. The highest BCUT2D eigenvalue weighted by Crippen LogP contribution is 2.15. The molecular formula is C12H17ClO. The predicted octanol–water partition coefficient (Wildman–Crippen LogP) is 3.57. The molecule has 0 heterocycles. The Morgan fingerprint density at radius 2 is 1.79 bits per heavy atom. The van der Waals surface area contributed by atoms with E-state index in [1.165, 1.54) is 0 Å². The maximum Gasteiger partial charge on any atom is 0.0431 e. The quantitative estimate of drug-likeness (QED) is 0.505. The highest BCUT2D eigenvalue weighted by Gasteiger charge is 1.96. The smallest absolute Gasteiger partial charge is 0.0431 e. The Hall–Kier alpha value is -0.790. The van der Waals surface area contributed by atoms with Gasteiger partial charge in [0.1, 0.15) is 0 Å². The maximum absolute atomic E-state index is 8.60. The van der Waals surface area contributed by atoms with Gasteiger partial charge in [-0.3, -0.25) is 0 Å². The highest BCUT2D eigenvalue weighted by molar-refractivity contribution is 6.30. The molecule has 0 amide bonds. The van der Waals surface area contributed by atoms with Crippen LogP contribution < -0.4 is 0 Å². The summed E-state index contributed by atoms with van der Waals surface area (Å²) in [4.78, 5) is 0. The van der Waals surface area contributed by atoms with Crippen LogP contribution in [0.5, 0.6) is 0 Å². The number of aliphatic hydroxyl groups is 1. The van der Waals surface area contributed by atoms with Gasteiger partial charge in [0.05, 0.1) is 0 Å². The van der Waals surface area contributed by atoms with Gasteiger partial charge >= 0.3 is 0 Å². The molecule has 0 aromatic rings. The van der Waals surface area contributed by atoms with E-state index < -0.39 is 0 Å². The summed E-state index contributed by atoms with van der Waals surface area (Å²) in [5, 5.41) is 9.08. The Kier molecular flexibility index (Phi) is 7.17. The molecule has 0 aromatic heterocycles. The zero-order chi connectivity index (χ0) is 11.0. The fourth-order valence-electron chi connectivity index (χ4n) is 0.920. The SMILES string of the molecule is C=C(Cl)/C=C\C(=C)C(=C)CCCCO. The minimum absolute atomic E-state index is 0.230. The van der Waals surface area contributed by atoms with E-state index in [4.69, 9.17) is 16.7 Å². The van der Waals surface area contributed by atoms with Crippen LogP contribution in [0.4, 0.5) is 0 Å². The van der Waals surface area contributed by atoms with Gasteiger partial charge in [-0.25, -0.2) is 0 Å². The van der Waals surface area contributed by atoms with Crippen LogP contribution in [0.15, 0.2) is 48.1 Å². The summed E-state index contributed by atoms with van der Waals surface area (Å²) >= 11 is 5.57. The van der Waals surface area contributed by atoms with Crippen molar-refractivity contribution in [1.29, 1.82) is 0 Å². The van der Waals surface area contributed by atoms with Gasteiger partial charge in [0, 0.05) is 11.6 Å². The number of hydrogen-bond donors (Lipinski definition) is 1. The summed E-state index contributed by atoms with van der Waals surface area (Å²) in [6, 6.07) is 0. The molecule has 0 atom stereocenters. The van der Waals surface area contributed by atoms with E-state index in [0.717, 1.165) is 30.4 Å². The second-order valence-electron chi connectivity index (χ2n) is 3.09. The summed E-state index contributed by atoms with van der Waals surface area (Å²) in [6.45, 7) is 11.5. The molecule has 0 bridgehead atoms. The van der Waals surface area contributed by atoms with E-state index in [0.29, 0.717) is 5.03 Å². The van der Waals surface area contributed by atoms with Gasteiger partial charge in [0.2, 0.25) is 0 Å². The van der Waals surface area contributed by atoms with Crippen molar-refractivity contribution < 1.29 is 5.11 Å². The molecule has 0 saturated heterocycles. The molecule has 0 aliphatic rings. The molecule has 0 aromatic carbocycles. The number of hydrogen-bond acceptors (Lipinski definition) is 1. The second kappa shape index (κ2) is 7.60. The normalized spacial score (nSPS) is 10.4. The summed E-state index contributed by atoms with van der Waals surface area (Å²) in [7, 11) is 0. The first-order valence-corrected chi connectivity index (χ1v) is 4.96. The highest BCUT2D eigenvalue weighted by atomic mass is 35.5. The van der Waals surface area contributed by atoms with Crippen LogP contribution >= 0.6 is 11.6 Å². The van der Waals surface area contributed by atoms with E-state index in [2.05, 4.69) is 19.7 Å². The number of aliphatic hydroxyl groups excluding tert-OH is 1. The van der Waals surface area contributed by atoms with Gasteiger partial charge < -0.3 is 5.11 Å². The van der Waals surface area contributed by atoms with Gasteiger partial charge in [0.15, 0.2) is 0 Å². The van der Waals surface area contributed by atoms with Gasteiger partial charge in [-0.1, -0.05) is 37.4 Å². The van der Waals surface area contributed by atoms with Crippen molar-refractivity contribution in [2.75, 3.05) is 6.61 Å². The van der Waals surface area contributed by atoms with Crippen molar-refractivity contribution in [3.8, 4) is 0 Å². The van der Waals surface area contributed by atoms with E-state index in [1.54, 1.807) is 12.2 Å². The molecule has 14 heavy (non-hydrogen) atoms. The first kappa shape index (κ1) is 13.2. The third kappa shape index (κ3) is 6.70. The average molecular weight is 213 g/mol. The van der Waals surface area contributed by atoms with Gasteiger partial charge in [-0.2, -0.15) is 0 Å². The third-order valence-electron chi connectivity index (χ3n) is 1.81. The van der Waals surface area contributed by atoms with Crippen molar-refractivity contribution >= 4 is 11.6 Å². The van der Waals surface area contributed by atoms with Crippen molar-refractivity contribution in [1.82, 2.24) is 0 Å². The van der Waals surface area contributed by atoms with Crippen LogP contribution in [0.2, 0.25) is 0 Å². The largest absolute Gasteiger partial charge is 0.396 e. The van der Waals surface area contributed by atoms with Gasteiger partial charge in [0.25, 0.3) is 0 Å². The second-order valence-corrected chi connectivity index (χ2v) is 3.58. The molecule has 2 heteroatoms. The molecule has 78 valence electrons. The number of allylic oxidation sites excluding steroid dienone is 5. The lowest BCUT2D eigenvalue weighted by Gasteiger charge is -2.04. The molecule has 0 saturated carbocycles. The molecule has 0 radical (unpaired) electrons. The first-order valence-electron chi connectivity index (χ1n) is 4.58. The lowest BCUT2D eigenvalue weighted by Crippen LogP contribution is -1.87. The molecular weight excluding hydrogens is 196 g/mol. The Labute approximate surface area is 91.1 Å². The Morgan fingerprint density at radius 1 is 1.14 bits per heavy atom. The lowest BCUT2D eigenvalue weighted by atomic mass is 10.0. The molecule has 1 nitrogen and oxygen atoms in total. The standard InChI is InChI=1S/C12H17ClO/c1-10(6-4-5-9-14)11(2)7-8-12(3)13/h7-8,14H,1-6,9H2/b8-7-. The molecule has 0 aliphatic heterocycles. The fraction of sp³-hybridized carbons (Fsp3) is 0.333. The molecule has 0 fully saturated rings. The average Bonchev–Trinajstić information content (AvgIpc) is 2.14. The summed E-state index contributed by atoms with van der Waals surface area (Å²) in [5.41, 5.74) is 1.84. The van der Waals surface area contributed by atoms with E-state index in [9.17, 15) is 0 Å². The number of unbranched alkanes of at least 4 members (excludes halogenated alkanes) is 1. The van der Waals surface area contributed by atoms with Crippen LogP contribution in [0.25, 0.3) is 0 Å². The van der Waals surface area contributed by atoms with Crippen LogP contribution in [0.3, 0.4) is 0 Å². The summed E-state index contributed by atoms with van der Waals surface area (Å²) in [5.74, 6) is 0. The summed E-state index contributed by atoms with van der Waals surface area (Å²) in [6.07, 6.45) is 6.10. The fourth-order valence-corrected chi connectivity index (χ4v) is 0.983. The monoisotopic (exact) mass is 212 g/mol. The molecule has 0 unspecified atom stereocenters. The number of rotatable bonds is 7. The maximum atomic E-state index is 8.60. The molecule has 1 N–H and O–H groups in total. The molecule has 0 spiro atoms. The Morgan fingerprint density at radius 3 is 2.29 bits per heavy atom. The lowest BCUT2D eigenvalue weighted by molar-refractivity contribution is 0.285. The van der Waals surface area contributed by atoms with Crippen LogP contribution in [-0.2, 0) is 0 Å². The van der Waals surface area contributed by atoms with E-state index in [-0.39, 0.29) is 6.61 Å². The van der Waals surface area contributed by atoms with Crippen LogP contribution in [-0.4, -0.2) is 11.7 Å². The third-order valence-corrected chi connectivity index (χ3v) is 1.93. The van der Waals surface area contributed by atoms with Gasteiger partial charge in [-0.15, -0.1) is 0 Å². The van der Waals surface area contributed by atoms with Crippen molar-refractivity contribution in [2.24, 2.45) is 0 Å². The Balaban J connectivity index is 3.88.